The van der Waals surface area contributed by atoms with E-state index in [0.717, 1.165) is 11.8 Å². The molecule has 0 bridgehead atoms. The van der Waals surface area contributed by atoms with E-state index in [9.17, 15) is 22.8 Å². The van der Waals surface area contributed by atoms with Gasteiger partial charge in [-0.15, -0.1) is 0 Å². The molecular weight excluding hydrogens is 436 g/mol. The molecule has 9 nitrogen and oxygen atoms in total. The van der Waals surface area contributed by atoms with Crippen LogP contribution in [0.15, 0.2) is 47.4 Å². The highest BCUT2D eigenvalue weighted by atomic mass is 32.2. The zero-order chi connectivity index (χ0) is 23.5. The van der Waals surface area contributed by atoms with E-state index < -0.39 is 27.8 Å². The van der Waals surface area contributed by atoms with Gasteiger partial charge in [0, 0.05) is 23.8 Å². The van der Waals surface area contributed by atoms with Gasteiger partial charge in [-0.2, -0.15) is 0 Å². The molecule has 2 aromatic rings. The van der Waals surface area contributed by atoms with Crippen molar-refractivity contribution < 1.29 is 32.3 Å². The van der Waals surface area contributed by atoms with Gasteiger partial charge in [0.05, 0.1) is 18.6 Å². The fraction of sp³-hybridized carbons (Fsp3) is 0.318. The molecule has 0 radical (unpaired) electrons. The molecule has 1 aliphatic rings. The lowest BCUT2D eigenvalue weighted by Crippen LogP contribution is -2.45. The number of sulfone groups is 1. The van der Waals surface area contributed by atoms with Crippen molar-refractivity contribution in [2.24, 2.45) is 5.73 Å². The Kier molecular flexibility index (Phi) is 6.83. The number of nitrogens with zero attached hydrogens (tertiary/aromatic N) is 1. The Labute approximate surface area is 186 Å². The van der Waals surface area contributed by atoms with E-state index in [2.05, 4.69) is 4.74 Å². The first-order chi connectivity index (χ1) is 15.1. The Morgan fingerprint density at radius 1 is 1.16 bits per heavy atom. The number of methoxy groups -OCH3 is 1. The first-order valence-corrected chi connectivity index (χ1v) is 11.7. The number of primary amides is 1. The van der Waals surface area contributed by atoms with Crippen LogP contribution < -0.4 is 10.5 Å². The van der Waals surface area contributed by atoms with Crippen molar-refractivity contribution in [1.82, 2.24) is 4.90 Å². The van der Waals surface area contributed by atoms with Gasteiger partial charge in [-0.3, -0.25) is 14.4 Å². The van der Waals surface area contributed by atoms with Crippen molar-refractivity contribution in [3.63, 3.8) is 0 Å². The van der Waals surface area contributed by atoms with Gasteiger partial charge in [0.15, 0.2) is 9.84 Å². The predicted octanol–water partition coefficient (Wildman–Crippen LogP) is 1.43. The molecule has 0 saturated carbocycles. The number of ether oxygens (including phenoxy) is 2. The quantitative estimate of drug-likeness (QED) is 0.560. The molecule has 0 spiro atoms. The highest BCUT2D eigenvalue weighted by Gasteiger charge is 2.37. The fourth-order valence-corrected chi connectivity index (χ4v) is 4.15. The Balaban J connectivity index is 1.75. The van der Waals surface area contributed by atoms with E-state index in [1.54, 1.807) is 30.3 Å². The van der Waals surface area contributed by atoms with Crippen LogP contribution in [-0.2, 0) is 37.3 Å². The van der Waals surface area contributed by atoms with Gasteiger partial charge in [-0.1, -0.05) is 18.2 Å². The van der Waals surface area contributed by atoms with Crippen molar-refractivity contribution in [3.05, 3.63) is 59.2 Å². The van der Waals surface area contributed by atoms with Gasteiger partial charge in [0.1, 0.15) is 18.4 Å². The molecule has 32 heavy (non-hydrogen) atoms. The average molecular weight is 461 g/mol. The summed E-state index contributed by atoms with van der Waals surface area (Å²) >= 11 is 0. The lowest BCUT2D eigenvalue weighted by molar-refractivity contribution is -0.141. The minimum atomic E-state index is -3.28. The number of carbonyl (C=O) groups is 3. The monoisotopic (exact) mass is 460 g/mol. The van der Waals surface area contributed by atoms with Gasteiger partial charge in [-0.25, -0.2) is 8.42 Å². The number of fused-ring (bicyclic) bond motifs is 1. The minimum Gasteiger partial charge on any atom is -0.489 e. The second-order valence-corrected chi connectivity index (χ2v) is 9.47. The van der Waals surface area contributed by atoms with Crippen LogP contribution in [0.3, 0.4) is 0 Å². The normalized spacial score (nSPS) is 14.1. The lowest BCUT2D eigenvalue weighted by atomic mass is 10.1. The molecule has 2 amide bonds. The summed E-state index contributed by atoms with van der Waals surface area (Å²) < 4.78 is 33.7. The molecule has 170 valence electrons. The number of esters is 1. The topological polar surface area (TPSA) is 133 Å². The molecule has 0 aliphatic carbocycles. The Hall–Kier alpha value is -3.40. The van der Waals surface area contributed by atoms with E-state index in [-0.39, 0.29) is 36.8 Å². The largest absolute Gasteiger partial charge is 0.489 e. The van der Waals surface area contributed by atoms with Crippen LogP contribution >= 0.6 is 0 Å². The number of benzene rings is 2. The summed E-state index contributed by atoms with van der Waals surface area (Å²) in [5, 5.41) is 0. The van der Waals surface area contributed by atoms with Crippen LogP contribution in [0.5, 0.6) is 5.75 Å². The summed E-state index contributed by atoms with van der Waals surface area (Å²) in [5.41, 5.74) is 7.27. The van der Waals surface area contributed by atoms with E-state index >= 15 is 0 Å². The Morgan fingerprint density at radius 2 is 1.84 bits per heavy atom. The van der Waals surface area contributed by atoms with Crippen molar-refractivity contribution in [1.29, 1.82) is 0 Å². The smallest absolute Gasteiger partial charge is 0.305 e. The highest BCUT2D eigenvalue weighted by Crippen LogP contribution is 2.33. The molecule has 1 aliphatic heterocycles. The number of amides is 2. The number of rotatable bonds is 9. The van der Waals surface area contributed by atoms with Crippen LogP contribution in [-0.4, -0.2) is 50.5 Å². The molecule has 0 saturated heterocycles. The highest BCUT2D eigenvalue weighted by molar-refractivity contribution is 7.90. The van der Waals surface area contributed by atoms with E-state index in [1.165, 1.54) is 24.1 Å². The van der Waals surface area contributed by atoms with Crippen molar-refractivity contribution in [2.75, 3.05) is 13.4 Å². The van der Waals surface area contributed by atoms with Crippen LogP contribution in [0, 0.1) is 0 Å². The summed E-state index contributed by atoms with van der Waals surface area (Å²) in [5.74, 6) is -1.09. The van der Waals surface area contributed by atoms with Crippen molar-refractivity contribution in [3.8, 4) is 5.75 Å². The van der Waals surface area contributed by atoms with Gasteiger partial charge in [0.25, 0.3) is 5.91 Å². The standard InChI is InChI=1S/C22H24N2O7S/c1-30-20(25)11-10-18(21(23)26)24-12-17-16(22(24)27)4-3-5-19(17)31-13-14-6-8-15(9-7-14)32(2,28)29/h3-9,18H,10-13H2,1-2H3,(H2,23,26). The fourth-order valence-electron chi connectivity index (χ4n) is 3.52. The molecular formula is C22H24N2O7S. The van der Waals surface area contributed by atoms with Crippen molar-refractivity contribution >= 4 is 27.6 Å². The average Bonchev–Trinajstić information content (AvgIpc) is 3.08. The Bertz CT molecular complexity index is 1140. The molecule has 0 aromatic heterocycles. The Morgan fingerprint density at radius 3 is 2.44 bits per heavy atom. The van der Waals surface area contributed by atoms with E-state index in [0.29, 0.717) is 16.9 Å². The summed E-state index contributed by atoms with van der Waals surface area (Å²) in [7, 11) is -2.04. The third-order valence-electron chi connectivity index (χ3n) is 5.25. The molecule has 10 heteroatoms. The lowest BCUT2D eigenvalue weighted by Gasteiger charge is -2.24. The maximum Gasteiger partial charge on any atom is 0.305 e. The summed E-state index contributed by atoms with van der Waals surface area (Å²) in [6, 6.07) is 10.4. The van der Waals surface area contributed by atoms with Crippen molar-refractivity contribution in [2.45, 2.75) is 36.9 Å². The number of nitrogens with two attached hydrogens (primary N) is 1. The molecule has 2 N–H and O–H groups in total. The second-order valence-electron chi connectivity index (χ2n) is 7.45. The zero-order valence-electron chi connectivity index (χ0n) is 17.7. The van der Waals surface area contributed by atoms with Gasteiger partial charge >= 0.3 is 5.97 Å². The maximum atomic E-state index is 12.9. The van der Waals surface area contributed by atoms with Gasteiger partial charge < -0.3 is 20.1 Å². The summed E-state index contributed by atoms with van der Waals surface area (Å²) in [4.78, 5) is 37.9. The third-order valence-corrected chi connectivity index (χ3v) is 6.38. The minimum absolute atomic E-state index is 0.0446. The molecule has 1 heterocycles. The molecule has 1 unspecified atom stereocenters. The number of hydrogen-bond acceptors (Lipinski definition) is 7. The molecule has 1 atom stereocenters. The predicted molar refractivity (Wildman–Crippen MR) is 114 cm³/mol. The molecule has 0 fully saturated rings. The van der Waals surface area contributed by atoms with E-state index in [1.807, 2.05) is 0 Å². The second kappa shape index (κ2) is 9.39. The molecule has 3 rings (SSSR count). The number of hydrogen-bond donors (Lipinski definition) is 1. The first-order valence-electron chi connectivity index (χ1n) is 9.82. The number of carbonyl (C=O) groups excluding carboxylic acids is 3. The van der Waals surface area contributed by atoms with E-state index in [4.69, 9.17) is 10.5 Å². The van der Waals surface area contributed by atoms with Crippen LogP contribution in [0.25, 0.3) is 0 Å². The van der Waals surface area contributed by atoms with Gasteiger partial charge in [0.2, 0.25) is 5.91 Å². The van der Waals surface area contributed by atoms with Crippen LogP contribution in [0.1, 0.15) is 34.3 Å². The SMILES string of the molecule is COC(=O)CCC(C(N)=O)N1Cc2c(OCc3ccc(S(C)(=O)=O)cc3)cccc2C1=O. The van der Waals surface area contributed by atoms with Crippen LogP contribution in [0.4, 0.5) is 0 Å². The summed E-state index contributed by atoms with van der Waals surface area (Å²) in [6.45, 7) is 0.280. The summed E-state index contributed by atoms with van der Waals surface area (Å²) in [6.07, 6.45) is 1.15. The van der Waals surface area contributed by atoms with Crippen LogP contribution in [0.2, 0.25) is 0 Å². The third kappa shape index (κ3) is 5.08. The molecule has 2 aromatic carbocycles. The zero-order valence-corrected chi connectivity index (χ0v) is 18.6. The van der Waals surface area contributed by atoms with Gasteiger partial charge in [-0.05, 0) is 36.2 Å². The maximum absolute atomic E-state index is 12.9. The first kappa shape index (κ1) is 23.3.